The van der Waals surface area contributed by atoms with Crippen molar-refractivity contribution in [2.75, 3.05) is 7.11 Å². The van der Waals surface area contributed by atoms with Crippen LogP contribution in [-0.2, 0) is 17.8 Å². The van der Waals surface area contributed by atoms with Crippen LogP contribution in [0.15, 0.2) is 46.9 Å². The van der Waals surface area contributed by atoms with Gasteiger partial charge in [0.15, 0.2) is 0 Å². The quantitative estimate of drug-likeness (QED) is 0.895. The van der Waals surface area contributed by atoms with E-state index in [9.17, 15) is 9.18 Å². The summed E-state index contributed by atoms with van der Waals surface area (Å²) in [6, 6.07) is 12.0. The summed E-state index contributed by atoms with van der Waals surface area (Å²) in [4.78, 5) is 11.9. The molecule has 0 saturated heterocycles. The Hall–Kier alpha value is -1.88. The Bertz CT molecular complexity index is 646. The van der Waals surface area contributed by atoms with Crippen molar-refractivity contribution in [1.82, 2.24) is 5.32 Å². The summed E-state index contributed by atoms with van der Waals surface area (Å²) < 4.78 is 19.5. The predicted molar refractivity (Wildman–Crippen MR) is 82.6 cm³/mol. The second-order valence-corrected chi connectivity index (χ2v) is 5.42. The molecule has 0 fully saturated rings. The van der Waals surface area contributed by atoms with Crippen molar-refractivity contribution in [3.8, 4) is 5.75 Å². The van der Waals surface area contributed by atoms with Crippen LogP contribution < -0.4 is 10.1 Å². The molecule has 0 spiro atoms. The molecule has 0 bridgehead atoms. The van der Waals surface area contributed by atoms with E-state index in [2.05, 4.69) is 21.2 Å². The number of methoxy groups -OCH3 is 1. The molecule has 0 aliphatic carbocycles. The van der Waals surface area contributed by atoms with E-state index in [1.54, 1.807) is 25.3 Å². The summed E-state index contributed by atoms with van der Waals surface area (Å²) >= 11 is 3.28. The highest BCUT2D eigenvalue weighted by Gasteiger charge is 2.09. The lowest BCUT2D eigenvalue weighted by Gasteiger charge is -2.09. The summed E-state index contributed by atoms with van der Waals surface area (Å²) in [6.07, 6.45) is 0.194. The molecule has 2 rings (SSSR count). The second kappa shape index (κ2) is 7.22. The first-order chi connectivity index (χ1) is 10.1. The van der Waals surface area contributed by atoms with Crippen LogP contribution in [0.2, 0.25) is 0 Å². The largest absolute Gasteiger partial charge is 0.496 e. The van der Waals surface area contributed by atoms with Gasteiger partial charge in [-0.15, -0.1) is 0 Å². The molecule has 1 amide bonds. The number of hydrogen-bond donors (Lipinski definition) is 1. The van der Waals surface area contributed by atoms with Gasteiger partial charge in [-0.1, -0.05) is 34.1 Å². The number of carbonyl (C=O) groups excluding carboxylic acids is 1. The zero-order valence-electron chi connectivity index (χ0n) is 11.5. The van der Waals surface area contributed by atoms with Gasteiger partial charge in [0.2, 0.25) is 5.91 Å². The first kappa shape index (κ1) is 15.5. The Kier molecular flexibility index (Phi) is 5.33. The van der Waals surface area contributed by atoms with Gasteiger partial charge >= 0.3 is 0 Å². The van der Waals surface area contributed by atoms with Crippen molar-refractivity contribution in [2.24, 2.45) is 0 Å². The van der Waals surface area contributed by atoms with Crippen molar-refractivity contribution >= 4 is 21.8 Å². The highest BCUT2D eigenvalue weighted by Crippen LogP contribution is 2.18. The number of halogens is 2. The SMILES string of the molecule is COc1ccccc1CC(=O)NCc1cc(Br)ccc1F. The summed E-state index contributed by atoms with van der Waals surface area (Å²) in [7, 11) is 1.56. The third-order valence-electron chi connectivity index (χ3n) is 3.03. The standard InChI is InChI=1S/C16H15BrFNO2/c1-21-15-5-3-2-4-11(15)9-16(20)19-10-12-8-13(17)6-7-14(12)18/h2-8H,9-10H2,1H3,(H,19,20). The molecule has 0 radical (unpaired) electrons. The van der Waals surface area contributed by atoms with Gasteiger partial charge in [-0.3, -0.25) is 4.79 Å². The lowest BCUT2D eigenvalue weighted by atomic mass is 10.1. The zero-order valence-corrected chi connectivity index (χ0v) is 13.1. The lowest BCUT2D eigenvalue weighted by molar-refractivity contribution is -0.120. The summed E-state index contributed by atoms with van der Waals surface area (Å²) in [6.45, 7) is 0.152. The molecule has 0 aromatic heterocycles. The fourth-order valence-corrected chi connectivity index (χ4v) is 2.37. The zero-order chi connectivity index (χ0) is 15.2. The second-order valence-electron chi connectivity index (χ2n) is 4.50. The molecule has 0 saturated carbocycles. The summed E-state index contributed by atoms with van der Waals surface area (Å²) in [5.41, 5.74) is 1.24. The van der Waals surface area contributed by atoms with Crippen LogP contribution in [0, 0.1) is 5.82 Å². The van der Waals surface area contributed by atoms with Gasteiger partial charge in [-0.05, 0) is 24.3 Å². The van der Waals surface area contributed by atoms with Gasteiger partial charge < -0.3 is 10.1 Å². The monoisotopic (exact) mass is 351 g/mol. The smallest absolute Gasteiger partial charge is 0.224 e. The first-order valence-corrected chi connectivity index (χ1v) is 7.22. The molecule has 0 atom stereocenters. The van der Waals surface area contributed by atoms with E-state index < -0.39 is 0 Å². The van der Waals surface area contributed by atoms with Gasteiger partial charge in [-0.2, -0.15) is 0 Å². The third-order valence-corrected chi connectivity index (χ3v) is 3.52. The highest BCUT2D eigenvalue weighted by molar-refractivity contribution is 9.10. The van der Waals surface area contributed by atoms with Crippen LogP contribution in [-0.4, -0.2) is 13.0 Å². The molecular weight excluding hydrogens is 337 g/mol. The fourth-order valence-electron chi connectivity index (χ4n) is 1.96. The average molecular weight is 352 g/mol. The minimum absolute atomic E-state index is 0.152. The van der Waals surface area contributed by atoms with E-state index in [0.717, 1.165) is 10.0 Å². The molecule has 0 unspecified atom stereocenters. The number of hydrogen-bond acceptors (Lipinski definition) is 2. The molecule has 2 aromatic carbocycles. The number of nitrogens with one attached hydrogen (secondary N) is 1. The van der Waals surface area contributed by atoms with E-state index in [4.69, 9.17) is 4.74 Å². The number of benzene rings is 2. The predicted octanol–water partition coefficient (Wildman–Crippen LogP) is 3.46. The number of carbonyl (C=O) groups is 1. The lowest BCUT2D eigenvalue weighted by Crippen LogP contribution is -2.25. The summed E-state index contributed by atoms with van der Waals surface area (Å²) in [5, 5.41) is 2.71. The molecule has 21 heavy (non-hydrogen) atoms. The third kappa shape index (κ3) is 4.29. The van der Waals surface area contributed by atoms with Crippen molar-refractivity contribution in [2.45, 2.75) is 13.0 Å². The maximum absolute atomic E-state index is 13.6. The van der Waals surface area contributed by atoms with Gasteiger partial charge in [0.05, 0.1) is 13.5 Å². The Morgan fingerprint density at radius 2 is 2.00 bits per heavy atom. The summed E-state index contributed by atoms with van der Waals surface area (Å²) in [5.74, 6) is 0.149. The molecular formula is C16H15BrFNO2. The fraction of sp³-hybridized carbons (Fsp3) is 0.188. The molecule has 1 N–H and O–H groups in total. The van der Waals surface area contributed by atoms with Crippen LogP contribution in [0.25, 0.3) is 0 Å². The van der Waals surface area contributed by atoms with Crippen molar-refractivity contribution in [3.05, 3.63) is 63.9 Å². The van der Waals surface area contributed by atoms with Crippen LogP contribution >= 0.6 is 15.9 Å². The van der Waals surface area contributed by atoms with Crippen LogP contribution in [0.1, 0.15) is 11.1 Å². The maximum atomic E-state index is 13.6. The van der Waals surface area contributed by atoms with Gasteiger partial charge in [0.1, 0.15) is 11.6 Å². The Morgan fingerprint density at radius 1 is 1.24 bits per heavy atom. The Balaban J connectivity index is 1.97. The number of ether oxygens (including phenoxy) is 1. The normalized spacial score (nSPS) is 10.2. The molecule has 0 aliphatic heterocycles. The molecule has 0 heterocycles. The van der Waals surface area contributed by atoms with Crippen LogP contribution in [0.3, 0.4) is 0 Å². The minimum Gasteiger partial charge on any atom is -0.496 e. The highest BCUT2D eigenvalue weighted by atomic mass is 79.9. The van der Waals surface area contributed by atoms with Crippen LogP contribution in [0.4, 0.5) is 4.39 Å². The Morgan fingerprint density at radius 3 is 2.76 bits per heavy atom. The van der Waals surface area contributed by atoms with Gasteiger partial charge in [-0.25, -0.2) is 4.39 Å². The molecule has 0 aliphatic rings. The number of amides is 1. The number of rotatable bonds is 5. The van der Waals surface area contributed by atoms with Crippen LogP contribution in [0.5, 0.6) is 5.75 Å². The topological polar surface area (TPSA) is 38.3 Å². The molecule has 5 heteroatoms. The first-order valence-electron chi connectivity index (χ1n) is 6.42. The van der Waals surface area contributed by atoms with Crippen molar-refractivity contribution in [1.29, 1.82) is 0 Å². The van der Waals surface area contributed by atoms with E-state index in [0.29, 0.717) is 11.3 Å². The average Bonchev–Trinajstić information content (AvgIpc) is 2.49. The molecule has 2 aromatic rings. The minimum atomic E-state index is -0.337. The number of para-hydroxylation sites is 1. The van der Waals surface area contributed by atoms with Crippen molar-refractivity contribution < 1.29 is 13.9 Å². The van der Waals surface area contributed by atoms with E-state index in [1.165, 1.54) is 6.07 Å². The van der Waals surface area contributed by atoms with E-state index in [-0.39, 0.29) is 24.7 Å². The van der Waals surface area contributed by atoms with Gasteiger partial charge in [0, 0.05) is 22.1 Å². The Labute approximate surface area is 131 Å². The van der Waals surface area contributed by atoms with E-state index in [1.807, 2.05) is 18.2 Å². The van der Waals surface area contributed by atoms with E-state index >= 15 is 0 Å². The van der Waals surface area contributed by atoms with Crippen molar-refractivity contribution in [3.63, 3.8) is 0 Å². The van der Waals surface area contributed by atoms with Gasteiger partial charge in [0.25, 0.3) is 0 Å². The molecule has 110 valence electrons. The maximum Gasteiger partial charge on any atom is 0.224 e. The molecule has 3 nitrogen and oxygen atoms in total.